The number of carboxylic acids is 1. The van der Waals surface area contributed by atoms with Crippen molar-refractivity contribution in [3.63, 3.8) is 0 Å². The van der Waals surface area contributed by atoms with Crippen LogP contribution in [0.1, 0.15) is 34.8 Å². The maximum atomic E-state index is 12.2. The van der Waals surface area contributed by atoms with E-state index in [1.54, 1.807) is 12.1 Å². The molecule has 3 rings (SSSR count). The van der Waals surface area contributed by atoms with Crippen molar-refractivity contribution >= 4 is 11.9 Å². The summed E-state index contributed by atoms with van der Waals surface area (Å²) in [6.07, 6.45) is 1.64. The molecule has 19 heavy (non-hydrogen) atoms. The molecule has 0 saturated heterocycles. The van der Waals surface area contributed by atoms with Crippen molar-refractivity contribution < 1.29 is 14.7 Å². The summed E-state index contributed by atoms with van der Waals surface area (Å²) in [5.74, 6) is 0.0646. The summed E-state index contributed by atoms with van der Waals surface area (Å²) in [4.78, 5) is 25.3. The van der Waals surface area contributed by atoms with Gasteiger partial charge in [0.1, 0.15) is 0 Å². The van der Waals surface area contributed by atoms with Gasteiger partial charge in [0.15, 0.2) is 0 Å². The minimum atomic E-state index is -0.882. The van der Waals surface area contributed by atoms with Crippen LogP contribution in [0.15, 0.2) is 18.2 Å². The van der Waals surface area contributed by atoms with Crippen molar-refractivity contribution in [3.8, 4) is 0 Å². The van der Waals surface area contributed by atoms with E-state index in [-0.39, 0.29) is 11.8 Å². The highest BCUT2D eigenvalue weighted by Crippen LogP contribution is 2.40. The number of benzene rings is 1. The Morgan fingerprint density at radius 2 is 2.11 bits per heavy atom. The lowest BCUT2D eigenvalue weighted by atomic mass is 9.94. The summed E-state index contributed by atoms with van der Waals surface area (Å²) in [7, 11) is 0. The van der Waals surface area contributed by atoms with Gasteiger partial charge in [-0.15, -0.1) is 0 Å². The average molecular weight is 259 g/mol. The Morgan fingerprint density at radius 1 is 1.37 bits per heavy atom. The van der Waals surface area contributed by atoms with E-state index in [1.807, 2.05) is 11.0 Å². The number of rotatable bonds is 2. The third-order valence-corrected chi connectivity index (χ3v) is 4.23. The van der Waals surface area contributed by atoms with Crippen LogP contribution in [0.2, 0.25) is 0 Å². The van der Waals surface area contributed by atoms with Crippen LogP contribution in [0.4, 0.5) is 0 Å². The van der Waals surface area contributed by atoms with Gasteiger partial charge < -0.3 is 10.0 Å². The van der Waals surface area contributed by atoms with Gasteiger partial charge in [-0.2, -0.15) is 0 Å². The van der Waals surface area contributed by atoms with Crippen LogP contribution in [0.25, 0.3) is 0 Å². The standard InChI is InChI=1S/C15H17NO3/c1-9-7-13(9)14(17)16-6-5-11-10(8-16)3-2-4-12(11)15(18)19/h2-4,9,13H,5-8H2,1H3,(H,18,19). The molecule has 0 radical (unpaired) electrons. The summed E-state index contributed by atoms with van der Waals surface area (Å²) < 4.78 is 0. The molecule has 2 atom stereocenters. The second-order valence-electron chi connectivity index (χ2n) is 5.58. The first-order valence-corrected chi connectivity index (χ1v) is 6.70. The molecule has 0 aromatic heterocycles. The fourth-order valence-electron chi connectivity index (χ4n) is 2.90. The quantitative estimate of drug-likeness (QED) is 0.882. The second kappa shape index (κ2) is 4.37. The Kier molecular flexibility index (Phi) is 2.81. The first kappa shape index (κ1) is 12.2. The van der Waals surface area contributed by atoms with Crippen LogP contribution in [0.5, 0.6) is 0 Å². The molecular formula is C15H17NO3. The topological polar surface area (TPSA) is 57.6 Å². The molecule has 2 unspecified atom stereocenters. The molecule has 2 aliphatic rings. The molecular weight excluding hydrogens is 242 g/mol. The van der Waals surface area contributed by atoms with Crippen molar-refractivity contribution in [3.05, 3.63) is 34.9 Å². The van der Waals surface area contributed by atoms with Crippen molar-refractivity contribution in [2.24, 2.45) is 11.8 Å². The van der Waals surface area contributed by atoms with Crippen molar-refractivity contribution in [2.45, 2.75) is 26.3 Å². The SMILES string of the molecule is CC1CC1C(=O)N1CCc2c(cccc2C(=O)O)C1. The fraction of sp³-hybridized carbons (Fsp3) is 0.467. The molecule has 1 aliphatic carbocycles. The minimum Gasteiger partial charge on any atom is -0.478 e. The number of hydrogen-bond acceptors (Lipinski definition) is 2. The third kappa shape index (κ3) is 2.11. The Bertz CT molecular complexity index is 552. The van der Waals surface area contributed by atoms with Gasteiger partial charge in [0.2, 0.25) is 5.91 Å². The number of amides is 1. The molecule has 1 heterocycles. The molecule has 4 heteroatoms. The second-order valence-corrected chi connectivity index (χ2v) is 5.58. The molecule has 1 aliphatic heterocycles. The monoisotopic (exact) mass is 259 g/mol. The predicted octanol–water partition coefficient (Wildman–Crippen LogP) is 1.93. The fourth-order valence-corrected chi connectivity index (χ4v) is 2.90. The van der Waals surface area contributed by atoms with Crippen LogP contribution >= 0.6 is 0 Å². The largest absolute Gasteiger partial charge is 0.478 e. The minimum absolute atomic E-state index is 0.198. The van der Waals surface area contributed by atoms with Crippen LogP contribution in [-0.4, -0.2) is 28.4 Å². The van der Waals surface area contributed by atoms with E-state index in [9.17, 15) is 9.59 Å². The van der Waals surface area contributed by atoms with Gasteiger partial charge >= 0.3 is 5.97 Å². The first-order valence-electron chi connectivity index (χ1n) is 6.70. The number of carbonyl (C=O) groups excluding carboxylic acids is 1. The van der Waals surface area contributed by atoms with Gasteiger partial charge in [-0.1, -0.05) is 19.1 Å². The van der Waals surface area contributed by atoms with E-state index >= 15 is 0 Å². The van der Waals surface area contributed by atoms with Crippen molar-refractivity contribution in [1.29, 1.82) is 0 Å². The molecule has 0 bridgehead atoms. The van der Waals surface area contributed by atoms with E-state index < -0.39 is 5.97 Å². The molecule has 100 valence electrons. The molecule has 1 N–H and O–H groups in total. The average Bonchev–Trinajstić information content (AvgIpc) is 3.13. The van der Waals surface area contributed by atoms with E-state index in [0.29, 0.717) is 31.0 Å². The van der Waals surface area contributed by atoms with E-state index in [0.717, 1.165) is 17.5 Å². The van der Waals surface area contributed by atoms with E-state index in [2.05, 4.69) is 6.92 Å². The van der Waals surface area contributed by atoms with Crippen LogP contribution in [-0.2, 0) is 17.8 Å². The molecule has 4 nitrogen and oxygen atoms in total. The lowest BCUT2D eigenvalue weighted by molar-refractivity contribution is -0.133. The Labute approximate surface area is 112 Å². The zero-order valence-corrected chi connectivity index (χ0v) is 10.9. The highest BCUT2D eigenvalue weighted by molar-refractivity contribution is 5.90. The maximum Gasteiger partial charge on any atom is 0.335 e. The summed E-state index contributed by atoms with van der Waals surface area (Å²) in [6.45, 7) is 3.29. The van der Waals surface area contributed by atoms with Gasteiger partial charge in [-0.05, 0) is 36.0 Å². The Balaban J connectivity index is 1.83. The predicted molar refractivity (Wildman–Crippen MR) is 69.8 cm³/mol. The molecule has 1 fully saturated rings. The lowest BCUT2D eigenvalue weighted by Crippen LogP contribution is -2.37. The third-order valence-electron chi connectivity index (χ3n) is 4.23. The van der Waals surface area contributed by atoms with Crippen LogP contribution in [0, 0.1) is 11.8 Å². The number of carbonyl (C=O) groups is 2. The zero-order valence-electron chi connectivity index (χ0n) is 10.9. The Morgan fingerprint density at radius 3 is 2.74 bits per heavy atom. The molecule has 0 spiro atoms. The number of aromatic carboxylic acids is 1. The van der Waals surface area contributed by atoms with Crippen LogP contribution in [0.3, 0.4) is 0 Å². The molecule has 1 aromatic rings. The van der Waals surface area contributed by atoms with Gasteiger partial charge in [-0.3, -0.25) is 4.79 Å². The van der Waals surface area contributed by atoms with E-state index in [1.165, 1.54) is 0 Å². The first-order chi connectivity index (χ1) is 9.08. The maximum absolute atomic E-state index is 12.2. The Hall–Kier alpha value is -1.84. The lowest BCUT2D eigenvalue weighted by Gasteiger charge is -2.30. The normalized spacial score (nSPS) is 24.8. The van der Waals surface area contributed by atoms with Gasteiger partial charge in [-0.25, -0.2) is 4.79 Å². The summed E-state index contributed by atoms with van der Waals surface area (Å²) >= 11 is 0. The zero-order chi connectivity index (χ0) is 13.6. The number of hydrogen-bond donors (Lipinski definition) is 1. The molecule has 1 amide bonds. The number of fused-ring (bicyclic) bond motifs is 1. The highest BCUT2D eigenvalue weighted by Gasteiger charge is 2.42. The van der Waals surface area contributed by atoms with Gasteiger partial charge in [0.25, 0.3) is 0 Å². The number of nitrogens with zero attached hydrogens (tertiary/aromatic N) is 1. The van der Waals surface area contributed by atoms with Crippen LogP contribution < -0.4 is 0 Å². The summed E-state index contributed by atoms with van der Waals surface area (Å²) in [5, 5.41) is 9.17. The summed E-state index contributed by atoms with van der Waals surface area (Å²) in [6, 6.07) is 5.33. The highest BCUT2D eigenvalue weighted by atomic mass is 16.4. The molecule has 1 aromatic carbocycles. The molecule has 1 saturated carbocycles. The van der Waals surface area contributed by atoms with Crippen molar-refractivity contribution in [1.82, 2.24) is 4.90 Å². The number of carboxylic acid groups (broad SMARTS) is 1. The smallest absolute Gasteiger partial charge is 0.335 e. The van der Waals surface area contributed by atoms with Crippen molar-refractivity contribution in [2.75, 3.05) is 6.54 Å². The van der Waals surface area contributed by atoms with Gasteiger partial charge in [0, 0.05) is 19.0 Å². The summed E-state index contributed by atoms with van der Waals surface area (Å²) in [5.41, 5.74) is 2.25. The van der Waals surface area contributed by atoms with E-state index in [4.69, 9.17) is 5.11 Å². The van der Waals surface area contributed by atoms with Gasteiger partial charge in [0.05, 0.1) is 5.56 Å².